The Hall–Kier alpha value is -3.71. The van der Waals surface area contributed by atoms with Crippen LogP contribution in [0.1, 0.15) is 69.9 Å². The lowest BCUT2D eigenvalue weighted by molar-refractivity contribution is -0.121. The van der Waals surface area contributed by atoms with Crippen LogP contribution in [0, 0.1) is 5.92 Å². The highest BCUT2D eigenvalue weighted by Crippen LogP contribution is 2.40. The monoisotopic (exact) mass is 767 g/mol. The summed E-state index contributed by atoms with van der Waals surface area (Å²) in [5.74, 6) is 3.09. The van der Waals surface area contributed by atoms with Crippen molar-refractivity contribution in [3.63, 3.8) is 0 Å². The summed E-state index contributed by atoms with van der Waals surface area (Å²) < 4.78 is 6.37. The van der Waals surface area contributed by atoms with Crippen molar-refractivity contribution in [3.8, 4) is 5.75 Å². The number of urea groups is 1. The number of rotatable bonds is 16. The molecule has 3 amide bonds. The Kier molecular flexibility index (Phi) is 12.7. The Labute approximate surface area is 319 Å². The molecule has 0 bridgehead atoms. The van der Waals surface area contributed by atoms with Crippen LogP contribution in [0.5, 0.6) is 5.75 Å². The zero-order chi connectivity index (χ0) is 36.8. The van der Waals surface area contributed by atoms with E-state index in [1.807, 2.05) is 42.1 Å². The summed E-state index contributed by atoms with van der Waals surface area (Å²) in [7, 11) is 1.76. The van der Waals surface area contributed by atoms with Gasteiger partial charge in [-0.1, -0.05) is 56.0 Å². The van der Waals surface area contributed by atoms with Gasteiger partial charge in [0.05, 0.1) is 18.2 Å². The van der Waals surface area contributed by atoms with Crippen LogP contribution >= 0.6 is 35.0 Å². The Morgan fingerprint density at radius 1 is 1.12 bits per heavy atom. The van der Waals surface area contributed by atoms with E-state index in [4.69, 9.17) is 27.9 Å². The van der Waals surface area contributed by atoms with E-state index in [1.165, 1.54) is 0 Å². The van der Waals surface area contributed by atoms with Gasteiger partial charge in [-0.15, -0.1) is 0 Å². The molecule has 3 aliphatic rings. The third-order valence-electron chi connectivity index (χ3n) is 10.0. The van der Waals surface area contributed by atoms with Gasteiger partial charge in [0, 0.05) is 69.6 Å². The number of nitrogens with zero attached hydrogens (tertiary/aromatic N) is 3. The number of fused-ring (bicyclic) bond motifs is 2. The number of likely N-dealkylation sites (N-methyl/N-ethyl adjacent to an activating group) is 1. The van der Waals surface area contributed by atoms with Gasteiger partial charge in [0.15, 0.2) is 6.23 Å². The molecule has 11 nitrogen and oxygen atoms in total. The molecule has 0 spiro atoms. The number of aliphatic hydroxyl groups is 1. The molecule has 3 aliphatic heterocycles. The average Bonchev–Trinajstić information content (AvgIpc) is 3.69. The van der Waals surface area contributed by atoms with Gasteiger partial charge in [0.2, 0.25) is 11.9 Å². The summed E-state index contributed by atoms with van der Waals surface area (Å²) in [5, 5.41) is 24.9. The van der Waals surface area contributed by atoms with Gasteiger partial charge in [-0.25, -0.2) is 9.78 Å². The van der Waals surface area contributed by atoms with Crippen LogP contribution in [0.25, 0.3) is 11.6 Å². The molecule has 0 radical (unpaired) electrons. The van der Waals surface area contributed by atoms with Crippen molar-refractivity contribution in [1.82, 2.24) is 25.9 Å². The third-order valence-corrected chi connectivity index (χ3v) is 12.2. The maximum absolute atomic E-state index is 12.6. The average molecular weight is 769 g/mol. The first-order valence-electron chi connectivity index (χ1n) is 18.1. The predicted molar refractivity (Wildman–Crippen MR) is 211 cm³/mol. The van der Waals surface area contributed by atoms with Crippen LogP contribution in [-0.2, 0) is 4.79 Å². The van der Waals surface area contributed by atoms with Crippen molar-refractivity contribution >= 4 is 76.0 Å². The standard InChI is InChI=1S/C38H47Cl2N7O4S/c1-4-22(19-41-32(48)12-7-6-11-31-34-30(21-52-31)44-38(50)45-34)17-25(5-2)51-26-15-13-24(14-16-26)43-37-42-20-23-18-27(36(49)47(3)35(23)46-37)33-28(39)9-8-10-29(33)40/h8-10,13-16,18,20,22,25,30-31,34,36,49H,4-7,11-12,17,19,21H2,1-3H3,(H,41,48)(H,42,43,46)(H2,44,45,50). The van der Waals surface area contributed by atoms with Crippen LogP contribution in [0.15, 0.2) is 48.7 Å². The number of hydrogen-bond acceptors (Lipinski definition) is 9. The van der Waals surface area contributed by atoms with Crippen LogP contribution in [0.3, 0.4) is 0 Å². The Morgan fingerprint density at radius 2 is 1.88 bits per heavy atom. The molecule has 6 unspecified atom stereocenters. The van der Waals surface area contributed by atoms with Crippen LogP contribution < -0.4 is 30.9 Å². The van der Waals surface area contributed by atoms with Crippen molar-refractivity contribution in [1.29, 1.82) is 0 Å². The molecule has 6 rings (SSSR count). The van der Waals surface area contributed by atoms with Gasteiger partial charge < -0.3 is 36.0 Å². The topological polar surface area (TPSA) is 141 Å². The summed E-state index contributed by atoms with van der Waals surface area (Å²) >= 11 is 14.8. The molecule has 3 aromatic rings. The van der Waals surface area contributed by atoms with Gasteiger partial charge in [-0.2, -0.15) is 16.7 Å². The third kappa shape index (κ3) is 9.07. The molecular weight excluding hydrogens is 721 g/mol. The fraction of sp³-hybridized carbons (Fsp3) is 0.474. The molecule has 278 valence electrons. The summed E-state index contributed by atoms with van der Waals surface area (Å²) in [6, 6.07) is 13.3. The van der Waals surface area contributed by atoms with Gasteiger partial charge in [0.25, 0.3) is 0 Å². The van der Waals surface area contributed by atoms with E-state index in [-0.39, 0.29) is 30.1 Å². The van der Waals surface area contributed by atoms with E-state index in [0.29, 0.717) is 57.1 Å². The number of carbonyl (C=O) groups is 2. The minimum absolute atomic E-state index is 0.0171. The zero-order valence-corrected chi connectivity index (χ0v) is 32.0. The molecule has 5 N–H and O–H groups in total. The van der Waals surface area contributed by atoms with Crippen LogP contribution in [0.2, 0.25) is 10.0 Å². The maximum Gasteiger partial charge on any atom is 0.315 e. The van der Waals surface area contributed by atoms with Gasteiger partial charge in [-0.3, -0.25) is 4.79 Å². The van der Waals surface area contributed by atoms with Crippen LogP contribution in [0.4, 0.5) is 22.2 Å². The molecule has 2 fully saturated rings. The van der Waals surface area contributed by atoms with Crippen molar-refractivity contribution < 1.29 is 19.4 Å². The van der Waals surface area contributed by atoms with Gasteiger partial charge >= 0.3 is 6.03 Å². The number of nitrogens with one attached hydrogen (secondary N) is 4. The minimum Gasteiger partial charge on any atom is -0.490 e. The quantitative estimate of drug-likeness (QED) is 0.0753. The number of anilines is 3. The highest BCUT2D eigenvalue weighted by molar-refractivity contribution is 8.00. The van der Waals surface area contributed by atoms with E-state index in [0.717, 1.165) is 61.3 Å². The fourth-order valence-corrected chi connectivity index (χ4v) is 9.15. The Balaban J connectivity index is 0.958. The molecule has 0 aliphatic carbocycles. The summed E-state index contributed by atoms with van der Waals surface area (Å²) in [6.45, 7) is 4.90. The summed E-state index contributed by atoms with van der Waals surface area (Å²) in [5.41, 5.74) is 2.68. The highest BCUT2D eigenvalue weighted by Gasteiger charge is 2.42. The molecule has 2 saturated heterocycles. The number of aromatic nitrogens is 2. The Bertz CT molecular complexity index is 1740. The second kappa shape index (κ2) is 17.4. The number of benzene rings is 2. The lowest BCUT2D eigenvalue weighted by Gasteiger charge is -2.32. The predicted octanol–water partition coefficient (Wildman–Crippen LogP) is 7.25. The fourth-order valence-electron chi connectivity index (χ4n) is 6.99. The highest BCUT2D eigenvalue weighted by atomic mass is 35.5. The first-order valence-corrected chi connectivity index (χ1v) is 19.9. The number of hydrogen-bond donors (Lipinski definition) is 5. The molecule has 6 atom stereocenters. The van der Waals surface area contributed by atoms with Crippen molar-refractivity contribution in [2.45, 2.75) is 88.5 Å². The summed E-state index contributed by atoms with van der Waals surface area (Å²) in [4.78, 5) is 35.1. The minimum atomic E-state index is -0.999. The number of halogens is 2. The number of aliphatic hydroxyl groups excluding tert-OH is 1. The second-order valence-corrected chi connectivity index (χ2v) is 15.7. The molecule has 14 heteroatoms. The van der Waals surface area contributed by atoms with E-state index in [9.17, 15) is 14.7 Å². The SMILES string of the molecule is CCC(CNC(=O)CCCCC1SCC2NC(=O)NC21)CC(CC)Oc1ccc(Nc2ncc3c(n2)N(C)C(O)C(c2c(Cl)cccc2Cl)=C3)cc1. The van der Waals surface area contributed by atoms with E-state index in [2.05, 4.69) is 45.1 Å². The lowest BCUT2D eigenvalue weighted by atomic mass is 9.97. The lowest BCUT2D eigenvalue weighted by Crippen LogP contribution is -2.36. The number of thioether (sulfide) groups is 1. The first-order chi connectivity index (χ1) is 25.1. The number of unbranched alkanes of at least 4 members (excludes halogenated alkanes) is 1. The molecule has 1 aromatic heterocycles. The zero-order valence-electron chi connectivity index (χ0n) is 29.7. The van der Waals surface area contributed by atoms with Crippen molar-refractivity contribution in [2.75, 3.05) is 29.6 Å². The first kappa shape index (κ1) is 38.0. The van der Waals surface area contributed by atoms with E-state index < -0.39 is 6.23 Å². The van der Waals surface area contributed by atoms with Crippen LogP contribution in [-0.4, -0.2) is 76.0 Å². The largest absolute Gasteiger partial charge is 0.490 e. The van der Waals surface area contributed by atoms with Crippen molar-refractivity contribution in [3.05, 3.63) is 69.8 Å². The molecular formula is C38H47Cl2N7O4S. The molecule has 4 heterocycles. The van der Waals surface area contributed by atoms with Gasteiger partial charge in [-0.05, 0) is 74.1 Å². The van der Waals surface area contributed by atoms with E-state index >= 15 is 0 Å². The van der Waals surface area contributed by atoms with Gasteiger partial charge in [0.1, 0.15) is 11.6 Å². The smallest absolute Gasteiger partial charge is 0.315 e. The maximum atomic E-state index is 12.6. The molecule has 52 heavy (non-hydrogen) atoms. The number of carbonyl (C=O) groups excluding carboxylic acids is 2. The number of amides is 3. The van der Waals surface area contributed by atoms with E-state index in [1.54, 1.807) is 36.3 Å². The normalized spacial score (nSPS) is 21.7. The number of ether oxygens (including phenoxy) is 1. The Morgan fingerprint density at radius 3 is 2.62 bits per heavy atom. The molecule has 0 saturated carbocycles. The molecule has 2 aromatic carbocycles. The second-order valence-electron chi connectivity index (χ2n) is 13.6. The van der Waals surface area contributed by atoms with Crippen molar-refractivity contribution in [2.24, 2.45) is 5.92 Å². The summed E-state index contributed by atoms with van der Waals surface area (Å²) in [6.07, 6.45) is 8.53.